The standard InChI is InChI=1S/C21H22FN3OS/c1-14(26)25-21(27-20(24-25)16-6-4-7-18(22)13-16)17(11-12-23)10-9-15-5-2-3-8-19(15)21/h2-8,13,17H,9-12,23H2,1H3/t17-,21+/m1/s1. The molecule has 2 atom stereocenters. The van der Waals surface area contributed by atoms with Crippen molar-refractivity contribution in [1.82, 2.24) is 5.01 Å². The number of halogens is 1. The maximum atomic E-state index is 13.8. The van der Waals surface area contributed by atoms with Gasteiger partial charge in [-0.1, -0.05) is 48.2 Å². The molecule has 0 fully saturated rings. The van der Waals surface area contributed by atoms with Gasteiger partial charge in [0.25, 0.3) is 0 Å². The molecular formula is C21H22FN3OS. The van der Waals surface area contributed by atoms with Crippen molar-refractivity contribution in [2.45, 2.75) is 31.1 Å². The fourth-order valence-corrected chi connectivity index (χ4v) is 5.85. The number of thioether (sulfide) groups is 1. The quantitative estimate of drug-likeness (QED) is 0.876. The highest BCUT2D eigenvalue weighted by Crippen LogP contribution is 2.57. The first-order valence-electron chi connectivity index (χ1n) is 9.19. The van der Waals surface area contributed by atoms with Crippen LogP contribution in [0.2, 0.25) is 0 Å². The molecule has 1 heterocycles. The normalized spacial score (nSPS) is 24.0. The molecule has 0 unspecified atom stereocenters. The molecule has 140 valence electrons. The topological polar surface area (TPSA) is 58.7 Å². The van der Waals surface area contributed by atoms with Crippen LogP contribution >= 0.6 is 11.8 Å². The summed E-state index contributed by atoms with van der Waals surface area (Å²) in [5.74, 6) is -0.248. The lowest BCUT2D eigenvalue weighted by Crippen LogP contribution is -2.49. The van der Waals surface area contributed by atoms with Crippen molar-refractivity contribution in [3.05, 3.63) is 71.0 Å². The first kappa shape index (κ1) is 18.2. The number of nitrogens with zero attached hydrogens (tertiary/aromatic N) is 2. The van der Waals surface area contributed by atoms with Gasteiger partial charge in [0.15, 0.2) is 0 Å². The SMILES string of the molecule is CC(=O)N1N=C(c2cccc(F)c2)S[C@@]12c1ccccc1CC[C@@H]2CCN. The third-order valence-electron chi connectivity index (χ3n) is 5.36. The summed E-state index contributed by atoms with van der Waals surface area (Å²) in [7, 11) is 0. The van der Waals surface area contributed by atoms with Crippen molar-refractivity contribution in [1.29, 1.82) is 0 Å². The van der Waals surface area contributed by atoms with Gasteiger partial charge in [0.1, 0.15) is 15.7 Å². The number of hydrogen-bond acceptors (Lipinski definition) is 4. The summed E-state index contributed by atoms with van der Waals surface area (Å²) in [6.45, 7) is 2.09. The van der Waals surface area contributed by atoms with Crippen LogP contribution in [0.15, 0.2) is 53.6 Å². The van der Waals surface area contributed by atoms with Gasteiger partial charge in [-0.2, -0.15) is 5.10 Å². The van der Waals surface area contributed by atoms with Crippen LogP contribution in [0.3, 0.4) is 0 Å². The van der Waals surface area contributed by atoms with E-state index in [0.717, 1.165) is 24.8 Å². The molecule has 1 aliphatic carbocycles. The van der Waals surface area contributed by atoms with Crippen LogP contribution in [-0.2, 0) is 16.1 Å². The predicted octanol–water partition coefficient (Wildman–Crippen LogP) is 3.85. The highest BCUT2D eigenvalue weighted by molar-refractivity contribution is 8.15. The van der Waals surface area contributed by atoms with E-state index in [9.17, 15) is 9.18 Å². The van der Waals surface area contributed by atoms with Gasteiger partial charge in [-0.3, -0.25) is 4.79 Å². The smallest absolute Gasteiger partial charge is 0.241 e. The number of nitrogens with two attached hydrogens (primary N) is 1. The molecule has 1 amide bonds. The molecule has 0 saturated heterocycles. The van der Waals surface area contributed by atoms with E-state index in [4.69, 9.17) is 5.73 Å². The average molecular weight is 383 g/mol. The summed E-state index contributed by atoms with van der Waals surface area (Å²) in [5.41, 5.74) is 8.96. The molecular weight excluding hydrogens is 361 g/mol. The highest BCUT2D eigenvalue weighted by Gasteiger charge is 2.54. The van der Waals surface area contributed by atoms with Gasteiger partial charge < -0.3 is 5.73 Å². The van der Waals surface area contributed by atoms with Gasteiger partial charge in [0, 0.05) is 12.5 Å². The van der Waals surface area contributed by atoms with Crippen LogP contribution in [0.25, 0.3) is 0 Å². The Balaban J connectivity index is 1.87. The van der Waals surface area contributed by atoms with E-state index in [0.29, 0.717) is 17.2 Å². The predicted molar refractivity (Wildman–Crippen MR) is 107 cm³/mol. The molecule has 4 rings (SSSR count). The van der Waals surface area contributed by atoms with Crippen LogP contribution in [0.5, 0.6) is 0 Å². The summed E-state index contributed by atoms with van der Waals surface area (Å²) in [6.07, 6.45) is 2.71. The van der Waals surface area contributed by atoms with Crippen molar-refractivity contribution in [3.8, 4) is 0 Å². The van der Waals surface area contributed by atoms with Gasteiger partial charge in [-0.15, -0.1) is 0 Å². The van der Waals surface area contributed by atoms with Crippen LogP contribution in [0, 0.1) is 11.7 Å². The van der Waals surface area contributed by atoms with Gasteiger partial charge in [0.05, 0.1) is 0 Å². The summed E-state index contributed by atoms with van der Waals surface area (Å²) in [5, 5.41) is 6.94. The van der Waals surface area contributed by atoms with Crippen LogP contribution < -0.4 is 5.73 Å². The Morgan fingerprint density at radius 1 is 1.33 bits per heavy atom. The molecule has 4 nitrogen and oxygen atoms in total. The largest absolute Gasteiger partial charge is 0.330 e. The van der Waals surface area contributed by atoms with E-state index in [1.807, 2.05) is 18.2 Å². The van der Waals surface area contributed by atoms with E-state index < -0.39 is 4.87 Å². The number of hydrogen-bond donors (Lipinski definition) is 1. The Morgan fingerprint density at radius 2 is 2.15 bits per heavy atom. The van der Waals surface area contributed by atoms with Crippen molar-refractivity contribution in [2.24, 2.45) is 16.8 Å². The van der Waals surface area contributed by atoms with E-state index in [2.05, 4.69) is 17.2 Å². The summed E-state index contributed by atoms with van der Waals surface area (Å²) >= 11 is 1.56. The molecule has 0 aromatic heterocycles. The second kappa shape index (κ2) is 7.09. The Kier molecular flexibility index (Phi) is 4.78. The van der Waals surface area contributed by atoms with Gasteiger partial charge in [-0.25, -0.2) is 9.40 Å². The Morgan fingerprint density at radius 3 is 2.89 bits per heavy atom. The van der Waals surface area contributed by atoms with E-state index in [-0.39, 0.29) is 17.6 Å². The number of carbonyl (C=O) groups is 1. The lowest BCUT2D eigenvalue weighted by molar-refractivity contribution is -0.134. The number of rotatable bonds is 3. The molecule has 0 bridgehead atoms. The molecule has 27 heavy (non-hydrogen) atoms. The lowest BCUT2D eigenvalue weighted by atomic mass is 9.77. The minimum atomic E-state index is -0.623. The zero-order valence-electron chi connectivity index (χ0n) is 15.2. The van der Waals surface area contributed by atoms with Gasteiger partial charge in [0.2, 0.25) is 5.91 Å². The van der Waals surface area contributed by atoms with Gasteiger partial charge in [-0.05, 0) is 55.0 Å². The fraction of sp³-hybridized carbons (Fsp3) is 0.333. The van der Waals surface area contributed by atoms with Crippen LogP contribution in [-0.4, -0.2) is 22.5 Å². The second-order valence-electron chi connectivity index (χ2n) is 7.01. The van der Waals surface area contributed by atoms with E-state index in [1.165, 1.54) is 24.6 Å². The zero-order chi connectivity index (χ0) is 19.0. The number of carbonyl (C=O) groups excluding carboxylic acids is 1. The minimum absolute atomic E-state index is 0.118. The molecule has 2 aromatic carbocycles. The zero-order valence-corrected chi connectivity index (χ0v) is 16.0. The molecule has 2 N–H and O–H groups in total. The molecule has 6 heteroatoms. The number of benzene rings is 2. The average Bonchev–Trinajstić information content (AvgIpc) is 3.06. The molecule has 1 aliphatic heterocycles. The summed E-state index contributed by atoms with van der Waals surface area (Å²) in [4.78, 5) is 12.0. The van der Waals surface area contributed by atoms with Crippen LogP contribution in [0.4, 0.5) is 4.39 Å². The molecule has 0 radical (unpaired) electrons. The maximum Gasteiger partial charge on any atom is 0.241 e. The van der Waals surface area contributed by atoms with E-state index in [1.54, 1.807) is 22.8 Å². The molecule has 2 aliphatic rings. The molecule has 2 aromatic rings. The number of amides is 1. The summed E-state index contributed by atoms with van der Waals surface area (Å²) < 4.78 is 13.8. The first-order valence-corrected chi connectivity index (χ1v) is 10.0. The minimum Gasteiger partial charge on any atom is -0.330 e. The summed E-state index contributed by atoms with van der Waals surface area (Å²) in [6, 6.07) is 14.6. The first-order chi connectivity index (χ1) is 13.1. The van der Waals surface area contributed by atoms with Crippen LogP contribution in [0.1, 0.15) is 36.5 Å². The molecule has 0 saturated carbocycles. The Bertz CT molecular complexity index is 916. The second-order valence-corrected chi connectivity index (χ2v) is 8.23. The van der Waals surface area contributed by atoms with Crippen molar-refractivity contribution in [3.63, 3.8) is 0 Å². The lowest BCUT2D eigenvalue weighted by Gasteiger charge is -2.45. The van der Waals surface area contributed by atoms with Gasteiger partial charge >= 0.3 is 0 Å². The van der Waals surface area contributed by atoms with Crippen molar-refractivity contribution in [2.75, 3.05) is 6.54 Å². The number of fused-ring (bicyclic) bond motifs is 2. The third kappa shape index (κ3) is 2.97. The number of aryl methyl sites for hydroxylation is 1. The van der Waals surface area contributed by atoms with E-state index >= 15 is 0 Å². The Labute approximate surface area is 162 Å². The molecule has 1 spiro atoms. The highest BCUT2D eigenvalue weighted by atomic mass is 32.2. The fourth-order valence-electron chi connectivity index (χ4n) is 4.22. The van der Waals surface area contributed by atoms with Crippen molar-refractivity contribution < 1.29 is 9.18 Å². The number of hydrazone groups is 1. The third-order valence-corrected chi connectivity index (χ3v) is 6.91. The monoisotopic (exact) mass is 383 g/mol. The van der Waals surface area contributed by atoms with Crippen molar-refractivity contribution >= 4 is 22.7 Å². The maximum absolute atomic E-state index is 13.8. The Hall–Kier alpha value is -2.18.